The number of hydrogen-bond donors (Lipinski definition) is 3. The number of benzene rings is 1. The first-order valence-corrected chi connectivity index (χ1v) is 8.51. The molecule has 1 aliphatic carbocycles. The van der Waals surface area contributed by atoms with Crippen molar-refractivity contribution in [3.63, 3.8) is 0 Å². The minimum absolute atomic E-state index is 0.0832. The topological polar surface area (TPSA) is 103 Å². The first-order valence-electron chi connectivity index (χ1n) is 8.51. The lowest BCUT2D eigenvalue weighted by atomic mass is 10.0. The van der Waals surface area contributed by atoms with Gasteiger partial charge in [0.15, 0.2) is 5.82 Å². The molecular formula is C17H20N6O2. The SMILES string of the molecule is O=C(NC1CC1)[C@H]1CNCCN1C(=O)c1ccccc1-c1ncn[nH]1. The fraction of sp³-hybridized carbons (Fsp3) is 0.412. The van der Waals surface area contributed by atoms with Crippen LogP contribution >= 0.6 is 0 Å². The average molecular weight is 340 g/mol. The molecule has 130 valence electrons. The summed E-state index contributed by atoms with van der Waals surface area (Å²) in [5, 5.41) is 12.9. The van der Waals surface area contributed by atoms with Gasteiger partial charge in [-0.1, -0.05) is 18.2 Å². The highest BCUT2D eigenvalue weighted by atomic mass is 16.2. The molecule has 8 heteroatoms. The number of hydrogen-bond acceptors (Lipinski definition) is 5. The van der Waals surface area contributed by atoms with E-state index in [4.69, 9.17) is 0 Å². The lowest BCUT2D eigenvalue weighted by Crippen LogP contribution is -2.59. The van der Waals surface area contributed by atoms with Gasteiger partial charge in [-0.3, -0.25) is 14.7 Å². The smallest absolute Gasteiger partial charge is 0.255 e. The third-order valence-corrected chi connectivity index (χ3v) is 4.56. The molecule has 0 spiro atoms. The Morgan fingerprint density at radius 2 is 2.08 bits per heavy atom. The molecule has 2 fully saturated rings. The number of piperazine rings is 1. The molecule has 4 rings (SSSR count). The van der Waals surface area contributed by atoms with Gasteiger partial charge in [0.25, 0.3) is 5.91 Å². The van der Waals surface area contributed by atoms with Crippen molar-refractivity contribution in [3.05, 3.63) is 36.2 Å². The molecule has 1 atom stereocenters. The molecule has 2 heterocycles. The second kappa shape index (κ2) is 6.64. The molecule has 1 aromatic heterocycles. The highest BCUT2D eigenvalue weighted by Crippen LogP contribution is 2.23. The summed E-state index contributed by atoms with van der Waals surface area (Å²) in [6, 6.07) is 7.03. The Kier molecular flexibility index (Phi) is 4.19. The van der Waals surface area contributed by atoms with Crippen LogP contribution in [0.2, 0.25) is 0 Å². The Bertz CT molecular complexity index is 771. The summed E-state index contributed by atoms with van der Waals surface area (Å²) in [6.07, 6.45) is 3.45. The number of nitrogens with one attached hydrogen (secondary N) is 3. The van der Waals surface area contributed by atoms with E-state index < -0.39 is 6.04 Å². The molecule has 1 saturated carbocycles. The lowest BCUT2D eigenvalue weighted by molar-refractivity contribution is -0.126. The Morgan fingerprint density at radius 1 is 1.24 bits per heavy atom. The van der Waals surface area contributed by atoms with Crippen molar-refractivity contribution in [2.75, 3.05) is 19.6 Å². The fourth-order valence-corrected chi connectivity index (χ4v) is 3.07. The molecule has 0 bridgehead atoms. The van der Waals surface area contributed by atoms with E-state index in [2.05, 4.69) is 25.8 Å². The van der Waals surface area contributed by atoms with E-state index in [9.17, 15) is 9.59 Å². The summed E-state index contributed by atoms with van der Waals surface area (Å²) >= 11 is 0. The van der Waals surface area contributed by atoms with Gasteiger partial charge < -0.3 is 15.5 Å². The predicted octanol–water partition coefficient (Wildman–Crippen LogP) is 0.164. The fourth-order valence-electron chi connectivity index (χ4n) is 3.07. The number of nitrogens with zero attached hydrogens (tertiary/aromatic N) is 3. The Morgan fingerprint density at radius 3 is 2.84 bits per heavy atom. The zero-order valence-corrected chi connectivity index (χ0v) is 13.7. The summed E-state index contributed by atoms with van der Waals surface area (Å²) in [5.74, 6) is 0.294. The maximum Gasteiger partial charge on any atom is 0.255 e. The number of aromatic nitrogens is 3. The van der Waals surface area contributed by atoms with E-state index in [1.165, 1.54) is 6.33 Å². The zero-order valence-electron chi connectivity index (χ0n) is 13.7. The molecule has 0 unspecified atom stereocenters. The van der Waals surface area contributed by atoms with Crippen molar-refractivity contribution in [1.82, 2.24) is 30.7 Å². The second-order valence-corrected chi connectivity index (χ2v) is 6.38. The molecule has 0 radical (unpaired) electrons. The van der Waals surface area contributed by atoms with Crippen molar-refractivity contribution in [2.24, 2.45) is 0 Å². The van der Waals surface area contributed by atoms with Gasteiger partial charge in [-0.2, -0.15) is 5.10 Å². The van der Waals surface area contributed by atoms with Crippen molar-refractivity contribution in [1.29, 1.82) is 0 Å². The summed E-state index contributed by atoms with van der Waals surface area (Å²) in [6.45, 7) is 1.63. The van der Waals surface area contributed by atoms with Crippen LogP contribution < -0.4 is 10.6 Å². The van der Waals surface area contributed by atoms with Crippen molar-refractivity contribution in [2.45, 2.75) is 24.9 Å². The summed E-state index contributed by atoms with van der Waals surface area (Å²) in [7, 11) is 0. The molecule has 1 aromatic carbocycles. The Hall–Kier alpha value is -2.74. The third-order valence-electron chi connectivity index (χ3n) is 4.56. The Labute approximate surface area is 145 Å². The summed E-state index contributed by atoms with van der Waals surface area (Å²) < 4.78 is 0. The van der Waals surface area contributed by atoms with Crippen molar-refractivity contribution >= 4 is 11.8 Å². The van der Waals surface area contributed by atoms with Crippen molar-refractivity contribution in [3.8, 4) is 11.4 Å². The molecule has 8 nitrogen and oxygen atoms in total. The van der Waals surface area contributed by atoms with E-state index in [1.807, 2.05) is 18.2 Å². The van der Waals surface area contributed by atoms with Gasteiger partial charge in [0.2, 0.25) is 5.91 Å². The molecule has 2 aromatic rings. The number of carbonyl (C=O) groups is 2. The van der Waals surface area contributed by atoms with Crippen LogP contribution in [0.25, 0.3) is 11.4 Å². The molecule has 2 aliphatic rings. The van der Waals surface area contributed by atoms with Gasteiger partial charge in [-0.25, -0.2) is 4.98 Å². The van der Waals surface area contributed by atoms with Gasteiger partial charge >= 0.3 is 0 Å². The second-order valence-electron chi connectivity index (χ2n) is 6.38. The normalized spacial score (nSPS) is 20.3. The largest absolute Gasteiger partial charge is 0.352 e. The average Bonchev–Trinajstić information content (AvgIpc) is 3.30. The first kappa shape index (κ1) is 15.8. The minimum Gasteiger partial charge on any atom is -0.352 e. The van der Waals surface area contributed by atoms with E-state index in [0.29, 0.717) is 36.6 Å². The lowest BCUT2D eigenvalue weighted by Gasteiger charge is -2.35. The molecular weight excluding hydrogens is 320 g/mol. The number of aromatic amines is 1. The predicted molar refractivity (Wildman–Crippen MR) is 90.7 cm³/mol. The number of amides is 2. The van der Waals surface area contributed by atoms with E-state index in [0.717, 1.165) is 12.8 Å². The quantitative estimate of drug-likeness (QED) is 0.736. The molecule has 25 heavy (non-hydrogen) atoms. The van der Waals surface area contributed by atoms with Gasteiger partial charge in [0, 0.05) is 31.2 Å². The van der Waals surface area contributed by atoms with Crippen LogP contribution in [-0.2, 0) is 4.79 Å². The molecule has 1 saturated heterocycles. The highest BCUT2D eigenvalue weighted by Gasteiger charge is 2.36. The number of H-pyrrole nitrogens is 1. The van der Waals surface area contributed by atoms with Gasteiger partial charge in [-0.05, 0) is 18.9 Å². The van der Waals surface area contributed by atoms with Crippen LogP contribution in [0.5, 0.6) is 0 Å². The first-order chi connectivity index (χ1) is 12.2. The van der Waals surface area contributed by atoms with Gasteiger partial charge in [0.1, 0.15) is 12.4 Å². The molecule has 3 N–H and O–H groups in total. The van der Waals surface area contributed by atoms with Gasteiger partial charge in [0.05, 0.1) is 5.56 Å². The van der Waals surface area contributed by atoms with Gasteiger partial charge in [-0.15, -0.1) is 0 Å². The van der Waals surface area contributed by atoms with E-state index >= 15 is 0 Å². The number of carbonyl (C=O) groups excluding carboxylic acids is 2. The van der Waals surface area contributed by atoms with E-state index in [-0.39, 0.29) is 17.9 Å². The van der Waals surface area contributed by atoms with Crippen LogP contribution in [0, 0.1) is 0 Å². The third kappa shape index (κ3) is 3.25. The van der Waals surface area contributed by atoms with Crippen LogP contribution in [0.15, 0.2) is 30.6 Å². The van der Waals surface area contributed by atoms with Crippen LogP contribution in [0.4, 0.5) is 0 Å². The van der Waals surface area contributed by atoms with E-state index in [1.54, 1.807) is 11.0 Å². The summed E-state index contributed by atoms with van der Waals surface area (Å²) in [4.78, 5) is 31.5. The maximum atomic E-state index is 13.2. The monoisotopic (exact) mass is 340 g/mol. The molecule has 1 aliphatic heterocycles. The van der Waals surface area contributed by atoms with Crippen LogP contribution in [-0.4, -0.2) is 63.6 Å². The standard InChI is InChI=1S/C17H20N6O2/c24-16(21-11-5-6-11)14-9-18-7-8-23(14)17(25)13-4-2-1-3-12(13)15-19-10-20-22-15/h1-4,10-11,14,18H,5-9H2,(H,21,24)(H,19,20,22)/t14-/m1/s1. The highest BCUT2D eigenvalue weighted by molar-refractivity contribution is 6.02. The van der Waals surface area contributed by atoms with Crippen molar-refractivity contribution < 1.29 is 9.59 Å². The van der Waals surface area contributed by atoms with Crippen LogP contribution in [0.1, 0.15) is 23.2 Å². The molecule has 2 amide bonds. The maximum absolute atomic E-state index is 13.2. The minimum atomic E-state index is -0.496. The Balaban J connectivity index is 1.61. The van der Waals surface area contributed by atoms with Crippen LogP contribution in [0.3, 0.4) is 0 Å². The number of rotatable bonds is 4. The summed E-state index contributed by atoms with van der Waals surface area (Å²) in [5.41, 5.74) is 1.20. The zero-order chi connectivity index (χ0) is 17.2.